The molecule has 1 saturated heterocycles. The second-order valence-corrected chi connectivity index (χ2v) is 3.48. The first-order valence-corrected chi connectivity index (χ1v) is 4.61. The van der Waals surface area contributed by atoms with Gasteiger partial charge in [-0.25, -0.2) is 9.67 Å². The molecule has 1 amide bonds. The van der Waals surface area contributed by atoms with Crippen molar-refractivity contribution in [3.63, 3.8) is 0 Å². The molecule has 14 heavy (non-hydrogen) atoms. The van der Waals surface area contributed by atoms with Crippen molar-refractivity contribution in [3.05, 3.63) is 12.7 Å². The Morgan fingerprint density at radius 3 is 3.07 bits per heavy atom. The second kappa shape index (κ2) is 3.75. The average molecular weight is 195 g/mol. The molecule has 1 aromatic rings. The summed E-state index contributed by atoms with van der Waals surface area (Å²) in [5.74, 6) is 0.0588. The number of carbonyl (C=O) groups excluding carboxylic acids is 1. The smallest absolute Gasteiger partial charge is 0.244 e. The van der Waals surface area contributed by atoms with Crippen molar-refractivity contribution in [2.45, 2.75) is 19.0 Å². The summed E-state index contributed by atoms with van der Waals surface area (Å²) in [6.45, 7) is 1.68. The summed E-state index contributed by atoms with van der Waals surface area (Å²) in [5, 5.41) is 3.87. The number of nitrogens with two attached hydrogens (primary N) is 1. The number of aromatic nitrogens is 3. The van der Waals surface area contributed by atoms with E-state index >= 15 is 0 Å². The van der Waals surface area contributed by atoms with E-state index in [1.807, 2.05) is 0 Å². The van der Waals surface area contributed by atoms with Gasteiger partial charge in [-0.1, -0.05) is 0 Å². The van der Waals surface area contributed by atoms with Gasteiger partial charge in [0, 0.05) is 19.1 Å². The van der Waals surface area contributed by atoms with Crippen LogP contribution in [0.1, 0.15) is 6.42 Å². The van der Waals surface area contributed by atoms with Gasteiger partial charge in [-0.15, -0.1) is 0 Å². The van der Waals surface area contributed by atoms with Crippen molar-refractivity contribution >= 4 is 5.91 Å². The van der Waals surface area contributed by atoms with Crippen molar-refractivity contribution in [2.75, 3.05) is 13.1 Å². The van der Waals surface area contributed by atoms with Gasteiger partial charge in [0.25, 0.3) is 0 Å². The topological polar surface area (TPSA) is 77.0 Å². The fourth-order valence-electron chi connectivity index (χ4n) is 1.57. The Balaban J connectivity index is 1.90. The van der Waals surface area contributed by atoms with Crippen LogP contribution in [0.15, 0.2) is 12.7 Å². The molecular formula is C8H13N5O. The van der Waals surface area contributed by atoms with Gasteiger partial charge in [0.15, 0.2) is 0 Å². The number of nitrogens with zero attached hydrogens (tertiary/aromatic N) is 4. The summed E-state index contributed by atoms with van der Waals surface area (Å²) < 4.78 is 1.52. The van der Waals surface area contributed by atoms with E-state index < -0.39 is 0 Å². The standard InChI is InChI=1S/C8H13N5O/c9-7-1-2-12(3-7)8(14)4-13-6-10-5-11-13/h5-7H,1-4,9H2. The number of amides is 1. The largest absolute Gasteiger partial charge is 0.339 e. The third-order valence-electron chi connectivity index (χ3n) is 2.34. The number of hydrogen-bond donors (Lipinski definition) is 1. The minimum atomic E-state index is 0.0588. The van der Waals surface area contributed by atoms with Crippen LogP contribution in [-0.2, 0) is 11.3 Å². The van der Waals surface area contributed by atoms with Gasteiger partial charge in [0.05, 0.1) is 0 Å². The Hall–Kier alpha value is -1.43. The van der Waals surface area contributed by atoms with Crippen LogP contribution in [0.25, 0.3) is 0 Å². The zero-order valence-electron chi connectivity index (χ0n) is 7.83. The Morgan fingerprint density at radius 2 is 2.50 bits per heavy atom. The summed E-state index contributed by atoms with van der Waals surface area (Å²) >= 11 is 0. The van der Waals surface area contributed by atoms with Crippen molar-refractivity contribution in [1.82, 2.24) is 19.7 Å². The Labute approximate surface area is 81.7 Å². The van der Waals surface area contributed by atoms with E-state index in [1.54, 1.807) is 4.90 Å². The molecule has 0 radical (unpaired) electrons. The highest BCUT2D eigenvalue weighted by atomic mass is 16.2. The molecule has 1 atom stereocenters. The molecule has 76 valence electrons. The fraction of sp³-hybridized carbons (Fsp3) is 0.625. The van der Waals surface area contributed by atoms with Crippen LogP contribution in [-0.4, -0.2) is 44.7 Å². The molecule has 1 aromatic heterocycles. The highest BCUT2D eigenvalue weighted by molar-refractivity contribution is 5.76. The minimum Gasteiger partial charge on any atom is -0.339 e. The predicted octanol–water partition coefficient (Wildman–Crippen LogP) is -1.16. The van der Waals surface area contributed by atoms with Gasteiger partial charge in [-0.3, -0.25) is 4.79 Å². The molecule has 0 aromatic carbocycles. The molecule has 2 rings (SSSR count). The third kappa shape index (κ3) is 1.90. The lowest BCUT2D eigenvalue weighted by Crippen LogP contribution is -2.34. The molecule has 0 bridgehead atoms. The van der Waals surface area contributed by atoms with Crippen molar-refractivity contribution in [1.29, 1.82) is 0 Å². The zero-order valence-corrected chi connectivity index (χ0v) is 7.83. The van der Waals surface area contributed by atoms with Crippen LogP contribution >= 0.6 is 0 Å². The van der Waals surface area contributed by atoms with Gasteiger partial charge in [-0.2, -0.15) is 5.10 Å². The molecule has 2 heterocycles. The molecule has 6 nitrogen and oxygen atoms in total. The van der Waals surface area contributed by atoms with Gasteiger partial charge < -0.3 is 10.6 Å². The Morgan fingerprint density at radius 1 is 1.64 bits per heavy atom. The van der Waals surface area contributed by atoms with Gasteiger partial charge >= 0.3 is 0 Å². The quantitative estimate of drug-likeness (QED) is 0.645. The van der Waals surface area contributed by atoms with E-state index in [-0.39, 0.29) is 18.5 Å². The van der Waals surface area contributed by atoms with Gasteiger partial charge in [0.1, 0.15) is 19.2 Å². The lowest BCUT2D eigenvalue weighted by atomic mass is 10.3. The molecule has 1 aliphatic rings. The van der Waals surface area contributed by atoms with E-state index in [9.17, 15) is 4.79 Å². The van der Waals surface area contributed by atoms with Crippen LogP contribution in [0, 0.1) is 0 Å². The summed E-state index contributed by atoms with van der Waals surface area (Å²) in [7, 11) is 0. The molecule has 6 heteroatoms. The summed E-state index contributed by atoms with van der Waals surface area (Å²) in [5.41, 5.74) is 5.71. The first kappa shape index (κ1) is 9.14. The van der Waals surface area contributed by atoms with Crippen LogP contribution in [0.5, 0.6) is 0 Å². The fourth-order valence-corrected chi connectivity index (χ4v) is 1.57. The SMILES string of the molecule is NC1CCN(C(=O)Cn2cncn2)C1. The van der Waals surface area contributed by atoms with Crippen molar-refractivity contribution in [2.24, 2.45) is 5.73 Å². The molecular weight excluding hydrogens is 182 g/mol. The van der Waals surface area contributed by atoms with Crippen molar-refractivity contribution in [3.8, 4) is 0 Å². The molecule has 0 spiro atoms. The van der Waals surface area contributed by atoms with Crippen LogP contribution in [0.4, 0.5) is 0 Å². The van der Waals surface area contributed by atoms with Gasteiger partial charge in [0.2, 0.25) is 5.91 Å². The van der Waals surface area contributed by atoms with Gasteiger partial charge in [-0.05, 0) is 6.42 Å². The molecule has 2 N–H and O–H groups in total. The Kier molecular flexibility index (Phi) is 2.45. The van der Waals surface area contributed by atoms with Crippen LogP contribution in [0.3, 0.4) is 0 Å². The van der Waals surface area contributed by atoms with Crippen LogP contribution in [0.2, 0.25) is 0 Å². The van der Waals surface area contributed by atoms with Crippen molar-refractivity contribution < 1.29 is 4.79 Å². The van der Waals surface area contributed by atoms with E-state index in [4.69, 9.17) is 5.73 Å². The number of hydrogen-bond acceptors (Lipinski definition) is 4. The van der Waals surface area contributed by atoms with Crippen LogP contribution < -0.4 is 5.73 Å². The third-order valence-corrected chi connectivity index (χ3v) is 2.34. The minimum absolute atomic E-state index is 0.0588. The number of rotatable bonds is 2. The Bertz CT molecular complexity index is 310. The summed E-state index contributed by atoms with van der Waals surface area (Å²) in [4.78, 5) is 17.2. The molecule has 1 aliphatic heterocycles. The first-order valence-electron chi connectivity index (χ1n) is 4.61. The maximum Gasteiger partial charge on any atom is 0.244 e. The van der Waals surface area contributed by atoms with E-state index in [1.165, 1.54) is 17.3 Å². The average Bonchev–Trinajstić information content (AvgIpc) is 2.75. The summed E-state index contributed by atoms with van der Waals surface area (Å²) in [6, 6.07) is 0.134. The molecule has 0 saturated carbocycles. The van der Waals surface area contributed by atoms with E-state index in [0.29, 0.717) is 6.54 Å². The highest BCUT2D eigenvalue weighted by Gasteiger charge is 2.23. The lowest BCUT2D eigenvalue weighted by Gasteiger charge is -2.15. The lowest BCUT2D eigenvalue weighted by molar-refractivity contribution is -0.131. The number of likely N-dealkylation sites (tertiary alicyclic amines) is 1. The molecule has 1 unspecified atom stereocenters. The maximum absolute atomic E-state index is 11.6. The molecule has 0 aliphatic carbocycles. The summed E-state index contributed by atoms with van der Waals surface area (Å²) in [6.07, 6.45) is 3.85. The second-order valence-electron chi connectivity index (χ2n) is 3.48. The normalized spacial score (nSPS) is 21.5. The van der Waals surface area contributed by atoms with E-state index in [2.05, 4.69) is 10.1 Å². The van der Waals surface area contributed by atoms with E-state index in [0.717, 1.165) is 13.0 Å². The first-order chi connectivity index (χ1) is 6.75. The highest BCUT2D eigenvalue weighted by Crippen LogP contribution is 2.07. The zero-order chi connectivity index (χ0) is 9.97. The molecule has 1 fully saturated rings. The monoisotopic (exact) mass is 195 g/mol. The predicted molar refractivity (Wildman–Crippen MR) is 49.2 cm³/mol. The maximum atomic E-state index is 11.6. The number of carbonyl (C=O) groups is 1.